The topological polar surface area (TPSA) is 271 Å². The van der Waals surface area contributed by atoms with E-state index in [0.29, 0.717) is 127 Å². The highest BCUT2D eigenvalue weighted by Gasteiger charge is 2.68. The number of rotatable bonds is 7. The second-order valence-corrected chi connectivity index (χ2v) is 54.1. The van der Waals surface area contributed by atoms with Crippen molar-refractivity contribution in [2.75, 3.05) is 33.0 Å². The van der Waals surface area contributed by atoms with E-state index in [-0.39, 0.29) is 132 Å². The van der Waals surface area contributed by atoms with Gasteiger partial charge in [0, 0.05) is 56.0 Å². The number of hydrogen-bond donors (Lipinski definition) is 10. The Morgan fingerprint density at radius 1 is 0.356 bits per heavy atom. The number of Topliss-reactive ketones (excluding diaryl/α,β-unsaturated/α-hetero) is 1. The zero-order valence-corrected chi connectivity index (χ0v) is 87.3. The Hall–Kier alpha value is -3.02. The van der Waals surface area contributed by atoms with Crippen molar-refractivity contribution in [2.24, 2.45) is 188 Å². The number of fused-ring (bicyclic) bond motifs is 18. The van der Waals surface area contributed by atoms with Gasteiger partial charge in [-0.15, -0.1) is 0 Å². The van der Waals surface area contributed by atoms with Crippen LogP contribution in [0.4, 0.5) is 0 Å². The minimum Gasteiger partial charge on any atom is -0.396 e. The lowest BCUT2D eigenvalue weighted by molar-refractivity contribution is -0.204. The van der Waals surface area contributed by atoms with Gasteiger partial charge >= 0.3 is 0 Å². The monoisotopic (exact) mass is 1840 g/mol. The van der Waals surface area contributed by atoms with Gasteiger partial charge < -0.3 is 55.9 Å². The lowest BCUT2D eigenvalue weighted by atomic mass is 9.41. The van der Waals surface area contributed by atoms with Crippen molar-refractivity contribution >= 4 is 24.1 Å². The number of aliphatic hydroxyl groups excluding tert-OH is 10. The molecule has 14 nitrogen and oxygen atoms in total. The third kappa shape index (κ3) is 19.0. The molecule has 35 unspecified atom stereocenters. The Kier molecular flexibility index (Phi) is 32.5. The molecule has 13 saturated carbocycles. The van der Waals surface area contributed by atoms with Crippen molar-refractivity contribution in [3.8, 4) is 0 Å². The Bertz CT molecular complexity index is 4160. The van der Waals surface area contributed by atoms with Gasteiger partial charge in [0.05, 0.1) is 37.1 Å². The van der Waals surface area contributed by atoms with E-state index in [4.69, 9.17) is 0 Å². The van der Waals surface area contributed by atoms with E-state index in [2.05, 4.69) is 170 Å². The van der Waals surface area contributed by atoms with Gasteiger partial charge in [-0.3, -0.25) is 14.4 Å². The first kappa shape index (κ1) is 106. The number of hydrogen-bond acceptors (Lipinski definition) is 14. The molecule has 14 heteroatoms. The summed E-state index contributed by atoms with van der Waals surface area (Å²) in [6, 6.07) is 0. The predicted molar refractivity (Wildman–Crippen MR) is 532 cm³/mol. The second kappa shape index (κ2) is 40.4. The molecule has 0 aromatic carbocycles. The van der Waals surface area contributed by atoms with Gasteiger partial charge in [-0.2, -0.15) is 0 Å². The van der Waals surface area contributed by atoms with Crippen LogP contribution in [0.5, 0.6) is 0 Å². The summed E-state index contributed by atoms with van der Waals surface area (Å²) in [6.45, 7) is 49.1. The molecule has 10 N–H and O–H groups in total. The van der Waals surface area contributed by atoms with Crippen molar-refractivity contribution in [3.63, 3.8) is 0 Å². The average molecular weight is 1840 g/mol. The molecule has 0 aliphatic heterocycles. The van der Waals surface area contributed by atoms with Crippen molar-refractivity contribution in [3.05, 3.63) is 58.2 Å². The third-order valence-corrected chi connectivity index (χ3v) is 46.3. The number of aldehydes is 2. The molecule has 0 aromatic heterocycles. The summed E-state index contributed by atoms with van der Waals surface area (Å²) in [4.78, 5) is 47.9. The molecule has 35 atom stereocenters. The highest BCUT2D eigenvalue weighted by atomic mass is 16.3. The second-order valence-electron chi connectivity index (χ2n) is 54.1. The van der Waals surface area contributed by atoms with Crippen molar-refractivity contribution < 1.29 is 70.2 Å². The number of allylic oxidation sites excluding steroid dienone is 8. The van der Waals surface area contributed by atoms with Gasteiger partial charge in [-0.1, -0.05) is 184 Å². The molecule has 0 radical (unpaired) electrons. The minimum atomic E-state index is -0.455. The van der Waals surface area contributed by atoms with Gasteiger partial charge in [0.15, 0.2) is 5.78 Å². The van der Waals surface area contributed by atoms with Crippen LogP contribution in [0.1, 0.15) is 402 Å². The first-order valence-electron chi connectivity index (χ1n) is 54.7. The molecule has 18 rings (SSSR count). The fourth-order valence-electron chi connectivity index (χ4n) is 38.4. The maximum absolute atomic E-state index is 12.6. The SMILES string of the molecule is CC1=CC(=O)C2CCC3C(C)(CO)CCCC3(C)C2CC1.CC1=CCC2C(CCC3C(C)(C)C(O)CCC23C)C(O)C1.CC1=CCC2C(CCC3C(C)(CO)CCCC23C)C(=O)C1.CC1=CCC2C3(C)CCC(O)C(C)(C)C3CCC2(CO)C(O)C1.CC1CC(C=O)=CCC2C3(C)CCC(O)C(C)(C)C3CCC12CO.CC1CC(C=O)CCC2C1CCC1C(C)(CO)CCCC21C. The fraction of sp³-hybridized carbons (Fsp3) is 0.881. The molecular formula is C118H194O14. The van der Waals surface area contributed by atoms with Crippen molar-refractivity contribution in [1.29, 1.82) is 0 Å². The Balaban J connectivity index is 0.000000135. The fourth-order valence-corrected chi connectivity index (χ4v) is 38.4. The minimum absolute atomic E-state index is 0.00792. The highest BCUT2D eigenvalue weighted by molar-refractivity contribution is 5.93. The van der Waals surface area contributed by atoms with Crippen LogP contribution in [0.2, 0.25) is 0 Å². The van der Waals surface area contributed by atoms with Gasteiger partial charge in [-0.05, 0) is 436 Å². The smallest absolute Gasteiger partial charge is 0.158 e. The quantitative estimate of drug-likeness (QED) is 0.0839. The molecule has 18 aliphatic rings. The molecule has 0 heterocycles. The summed E-state index contributed by atoms with van der Waals surface area (Å²) >= 11 is 0. The first-order chi connectivity index (χ1) is 61.9. The number of carbonyl (C=O) groups excluding carboxylic acids is 4. The zero-order chi connectivity index (χ0) is 96.7. The Morgan fingerprint density at radius 2 is 0.788 bits per heavy atom. The summed E-state index contributed by atoms with van der Waals surface area (Å²) in [5.74, 6) is 10.2. The molecule has 0 spiro atoms. The zero-order valence-electron chi connectivity index (χ0n) is 87.3. The highest BCUT2D eigenvalue weighted by Crippen LogP contribution is 2.73. The number of ketones is 2. The van der Waals surface area contributed by atoms with Crippen LogP contribution >= 0.6 is 0 Å². The van der Waals surface area contributed by atoms with Crippen LogP contribution in [0.3, 0.4) is 0 Å². The molecule has 750 valence electrons. The summed E-state index contributed by atoms with van der Waals surface area (Å²) in [5, 5.41) is 104. The Labute approximate surface area is 802 Å². The van der Waals surface area contributed by atoms with Crippen LogP contribution in [0, 0.1) is 188 Å². The summed E-state index contributed by atoms with van der Waals surface area (Å²) in [7, 11) is 0. The molecule has 0 saturated heterocycles. The van der Waals surface area contributed by atoms with E-state index in [0.717, 1.165) is 203 Å². The molecule has 13 fully saturated rings. The normalized spacial score (nSPS) is 48.9. The van der Waals surface area contributed by atoms with Gasteiger partial charge in [0.1, 0.15) is 18.4 Å². The molecule has 18 aliphatic carbocycles. The average Bonchev–Trinajstić information content (AvgIpc) is 1.66. The first-order valence-corrected chi connectivity index (χ1v) is 54.7. The van der Waals surface area contributed by atoms with Gasteiger partial charge in [-0.25, -0.2) is 0 Å². The number of aliphatic hydroxyl groups is 10. The molecule has 0 bridgehead atoms. The van der Waals surface area contributed by atoms with E-state index in [1.54, 1.807) is 0 Å². The standard InChI is InChI=1S/C21H34O3.C20H34O3.C20H34O2.C19H32O2.2C19H30O2/c1-14-11-15(12-22)5-6-17-20(4)9-8-18(24)19(2,3)16(20)7-10-21(14,17)13-23;1-13-5-6-15-19(4)9-8-16(22)18(2,3)14(19)7-10-20(15,12-21)17(23)11-13;1-14-11-15(12-21)5-7-17-16(14)6-8-18-19(2,13-22)9-4-10-20(17,18)3;1-12-5-7-14-13(15(20)11-12)6-8-16-18(2,3)17(21)9-10-19(14,16)4;2*1-13-5-7-15-14(16(21)11-13)6-8-17-18(2,12-20)9-4-10-19(15,17)3/h5,12,14,16-18,23-24H,6-11,13H2,1-4H3;5,14-17,21-23H,6-12H2,1-4H3;12,14-18,22H,4-11,13H2,1-3H3;5,13-17,20-21H,6-11H2,1-4H3;11,14-15,17,20H,4-10,12H2,1-3H3;5,14-15,17,20H,4,6-12H2,1-3H3. The number of carbonyl (C=O) groups is 4. The van der Waals surface area contributed by atoms with E-state index < -0.39 is 6.10 Å². The van der Waals surface area contributed by atoms with Crippen molar-refractivity contribution in [2.45, 2.75) is 433 Å². The van der Waals surface area contributed by atoms with E-state index in [9.17, 15) is 70.2 Å². The van der Waals surface area contributed by atoms with Crippen LogP contribution < -0.4 is 0 Å². The van der Waals surface area contributed by atoms with Gasteiger partial charge in [0.2, 0.25) is 0 Å². The largest absolute Gasteiger partial charge is 0.396 e. The summed E-state index contributed by atoms with van der Waals surface area (Å²) in [6.07, 6.45) is 54.5. The summed E-state index contributed by atoms with van der Waals surface area (Å²) < 4.78 is 0. The van der Waals surface area contributed by atoms with Crippen molar-refractivity contribution in [1.82, 2.24) is 0 Å². The molecule has 0 aromatic rings. The molecular weight excluding hydrogens is 1640 g/mol. The third-order valence-electron chi connectivity index (χ3n) is 46.3. The van der Waals surface area contributed by atoms with Crippen LogP contribution in [-0.4, -0.2) is 139 Å². The van der Waals surface area contributed by atoms with E-state index >= 15 is 0 Å². The predicted octanol–water partition coefficient (Wildman–Crippen LogP) is 23.6. The maximum atomic E-state index is 12.6. The van der Waals surface area contributed by atoms with E-state index in [1.807, 2.05) is 6.08 Å². The van der Waals surface area contributed by atoms with E-state index in [1.165, 1.54) is 92.8 Å². The van der Waals surface area contributed by atoms with Crippen LogP contribution in [0.25, 0.3) is 0 Å². The Morgan fingerprint density at radius 3 is 1.31 bits per heavy atom. The van der Waals surface area contributed by atoms with Crippen LogP contribution in [-0.2, 0) is 19.2 Å². The van der Waals surface area contributed by atoms with Gasteiger partial charge in [0.25, 0.3) is 0 Å². The lowest BCUT2D eigenvalue weighted by Crippen LogP contribution is -2.62. The molecule has 132 heavy (non-hydrogen) atoms. The van der Waals surface area contributed by atoms with Crippen LogP contribution in [0.15, 0.2) is 58.2 Å². The molecule has 0 amide bonds. The summed E-state index contributed by atoms with van der Waals surface area (Å²) in [5.41, 5.74) is 6.95. The lowest BCUT2D eigenvalue weighted by Gasteiger charge is -2.64. The maximum Gasteiger partial charge on any atom is 0.158 e.